The monoisotopic (exact) mass is 330 g/mol. The Morgan fingerprint density at radius 1 is 1.57 bits per heavy atom. The molecule has 1 heterocycles. The molecule has 0 bridgehead atoms. The fraction of sp³-hybridized carbons (Fsp3) is 0.385. The number of thioether (sulfide) groups is 1. The topological polar surface area (TPSA) is 78.9 Å². The number of ether oxygens (including phenoxy) is 1. The van der Waals surface area contributed by atoms with E-state index in [1.165, 1.54) is 23.8 Å². The Balaban J connectivity index is 2.03. The van der Waals surface area contributed by atoms with Crippen molar-refractivity contribution >= 4 is 35.4 Å². The van der Waals surface area contributed by atoms with Crippen molar-refractivity contribution in [3.63, 3.8) is 0 Å². The third-order valence-electron chi connectivity index (χ3n) is 3.14. The summed E-state index contributed by atoms with van der Waals surface area (Å²) in [6, 6.07) is 4.00. The second-order valence-corrected chi connectivity index (χ2v) is 5.81. The maximum atomic E-state index is 12.1. The highest BCUT2D eigenvalue weighted by Gasteiger charge is 2.34. The highest BCUT2D eigenvalue weighted by Crippen LogP contribution is 2.26. The number of halogens is 1. The summed E-state index contributed by atoms with van der Waals surface area (Å²) < 4.78 is 5.20. The predicted octanol–water partition coefficient (Wildman–Crippen LogP) is 2.02. The summed E-state index contributed by atoms with van der Waals surface area (Å²) in [5, 5.41) is 12.2. The Morgan fingerprint density at radius 3 is 3.00 bits per heavy atom. The molecule has 0 radical (unpaired) electrons. The summed E-state index contributed by atoms with van der Waals surface area (Å²) in [6.45, 7) is 0.176. The minimum atomic E-state index is -0.995. The third-order valence-corrected chi connectivity index (χ3v) is 4.51. The van der Waals surface area contributed by atoms with Crippen LogP contribution in [0.15, 0.2) is 18.2 Å². The minimum Gasteiger partial charge on any atom is -0.496 e. The molecule has 1 saturated heterocycles. The molecule has 1 aliphatic rings. The number of carboxylic acid groups (broad SMARTS) is 1. The van der Waals surface area contributed by atoms with Crippen molar-refractivity contribution in [2.45, 2.75) is 12.6 Å². The first-order valence-corrected chi connectivity index (χ1v) is 7.74. The van der Waals surface area contributed by atoms with Crippen LogP contribution in [0.25, 0.3) is 0 Å². The molecular formula is C13H15ClN2O4S. The van der Waals surface area contributed by atoms with Crippen LogP contribution in [-0.2, 0) is 11.3 Å². The predicted molar refractivity (Wildman–Crippen MR) is 80.8 cm³/mol. The normalized spacial score (nSPS) is 17.6. The summed E-state index contributed by atoms with van der Waals surface area (Å²) >= 11 is 7.50. The highest BCUT2D eigenvalue weighted by molar-refractivity contribution is 7.99. The van der Waals surface area contributed by atoms with Crippen molar-refractivity contribution in [1.82, 2.24) is 10.2 Å². The number of carbonyl (C=O) groups is 2. The van der Waals surface area contributed by atoms with Crippen LogP contribution in [0, 0.1) is 0 Å². The molecule has 2 rings (SSSR count). The Bertz CT molecular complexity index is 555. The van der Waals surface area contributed by atoms with E-state index in [1.54, 1.807) is 18.2 Å². The molecule has 8 heteroatoms. The number of hydrogen-bond acceptors (Lipinski definition) is 4. The molecule has 114 valence electrons. The maximum Gasteiger partial charge on any atom is 0.327 e. The zero-order valence-electron chi connectivity index (χ0n) is 11.3. The molecular weight excluding hydrogens is 316 g/mol. The number of amides is 2. The van der Waals surface area contributed by atoms with Gasteiger partial charge in [-0.25, -0.2) is 9.59 Å². The van der Waals surface area contributed by atoms with Gasteiger partial charge in [-0.05, 0) is 12.1 Å². The molecule has 1 unspecified atom stereocenters. The second kappa shape index (κ2) is 6.91. The van der Waals surface area contributed by atoms with Crippen LogP contribution < -0.4 is 10.1 Å². The first kappa shape index (κ1) is 15.8. The number of carboxylic acids is 1. The number of nitrogens with zero attached hydrogens (tertiary/aromatic N) is 1. The van der Waals surface area contributed by atoms with Crippen LogP contribution in [0.5, 0.6) is 5.75 Å². The van der Waals surface area contributed by atoms with Gasteiger partial charge in [0.15, 0.2) is 0 Å². The Kier molecular flexibility index (Phi) is 5.19. The lowest BCUT2D eigenvalue weighted by Gasteiger charge is -2.21. The van der Waals surface area contributed by atoms with E-state index >= 15 is 0 Å². The van der Waals surface area contributed by atoms with Crippen molar-refractivity contribution in [3.05, 3.63) is 28.8 Å². The average molecular weight is 331 g/mol. The quantitative estimate of drug-likeness (QED) is 0.883. The van der Waals surface area contributed by atoms with Gasteiger partial charge in [-0.2, -0.15) is 0 Å². The maximum absolute atomic E-state index is 12.1. The standard InChI is InChI=1S/C13H15ClN2O4S/c1-20-11-4-2-3-9(14)8(11)5-15-13(19)16-7-21-6-10(16)12(17)18/h2-4,10H,5-7H2,1H3,(H,15,19)(H,17,18). The van der Waals surface area contributed by atoms with Gasteiger partial charge < -0.3 is 20.1 Å². The SMILES string of the molecule is COc1cccc(Cl)c1CNC(=O)N1CSCC1C(=O)O. The van der Waals surface area contributed by atoms with Crippen molar-refractivity contribution in [3.8, 4) is 5.75 Å². The Morgan fingerprint density at radius 2 is 2.33 bits per heavy atom. The lowest BCUT2D eigenvalue weighted by atomic mass is 10.2. The lowest BCUT2D eigenvalue weighted by molar-refractivity contribution is -0.140. The van der Waals surface area contributed by atoms with Gasteiger partial charge in [0.2, 0.25) is 0 Å². The number of aliphatic carboxylic acids is 1. The van der Waals surface area contributed by atoms with Crippen LogP contribution in [0.4, 0.5) is 4.79 Å². The van der Waals surface area contributed by atoms with Crippen molar-refractivity contribution in [2.75, 3.05) is 18.7 Å². The third kappa shape index (κ3) is 3.54. The summed E-state index contributed by atoms with van der Waals surface area (Å²) in [7, 11) is 1.52. The van der Waals surface area contributed by atoms with E-state index in [4.69, 9.17) is 21.4 Å². The fourth-order valence-electron chi connectivity index (χ4n) is 2.01. The molecule has 21 heavy (non-hydrogen) atoms. The van der Waals surface area contributed by atoms with E-state index in [0.29, 0.717) is 28.0 Å². The lowest BCUT2D eigenvalue weighted by Crippen LogP contribution is -2.46. The molecule has 0 aliphatic carbocycles. The van der Waals surface area contributed by atoms with Gasteiger partial charge >= 0.3 is 12.0 Å². The van der Waals surface area contributed by atoms with Crippen LogP contribution >= 0.6 is 23.4 Å². The van der Waals surface area contributed by atoms with E-state index in [0.717, 1.165) is 0 Å². The number of nitrogens with one attached hydrogen (secondary N) is 1. The van der Waals surface area contributed by atoms with E-state index in [2.05, 4.69) is 5.32 Å². The van der Waals surface area contributed by atoms with Gasteiger partial charge in [-0.15, -0.1) is 11.8 Å². The van der Waals surface area contributed by atoms with Crippen LogP contribution in [0.2, 0.25) is 5.02 Å². The Hall–Kier alpha value is -1.60. The van der Waals surface area contributed by atoms with Crippen molar-refractivity contribution in [1.29, 1.82) is 0 Å². The smallest absolute Gasteiger partial charge is 0.327 e. The molecule has 1 fully saturated rings. The van der Waals surface area contributed by atoms with Gasteiger partial charge in [0.1, 0.15) is 11.8 Å². The van der Waals surface area contributed by atoms with E-state index in [-0.39, 0.29) is 6.54 Å². The first-order valence-electron chi connectivity index (χ1n) is 6.21. The van der Waals surface area contributed by atoms with E-state index in [1.807, 2.05) is 0 Å². The van der Waals surface area contributed by atoms with Crippen LogP contribution in [0.3, 0.4) is 0 Å². The summed E-state index contributed by atoms with van der Waals surface area (Å²) in [5.41, 5.74) is 0.661. The van der Waals surface area contributed by atoms with Gasteiger partial charge in [-0.1, -0.05) is 17.7 Å². The van der Waals surface area contributed by atoms with Gasteiger partial charge in [0.25, 0.3) is 0 Å². The molecule has 2 amide bonds. The second-order valence-electron chi connectivity index (χ2n) is 4.40. The number of hydrogen-bond donors (Lipinski definition) is 2. The Labute approximate surface area is 131 Å². The molecule has 6 nitrogen and oxygen atoms in total. The average Bonchev–Trinajstić information content (AvgIpc) is 2.95. The first-order chi connectivity index (χ1) is 10.0. The minimum absolute atomic E-state index is 0.176. The summed E-state index contributed by atoms with van der Waals surface area (Å²) in [5.74, 6) is 0.347. The molecule has 1 aliphatic heterocycles. The van der Waals surface area contributed by atoms with Gasteiger partial charge in [0, 0.05) is 22.9 Å². The van der Waals surface area contributed by atoms with Crippen molar-refractivity contribution in [2.24, 2.45) is 0 Å². The molecule has 1 atom stereocenters. The van der Waals surface area contributed by atoms with Crippen molar-refractivity contribution < 1.29 is 19.4 Å². The number of benzene rings is 1. The number of rotatable bonds is 4. The zero-order chi connectivity index (χ0) is 15.4. The fourth-order valence-corrected chi connectivity index (χ4v) is 3.39. The van der Waals surface area contributed by atoms with E-state index < -0.39 is 18.0 Å². The summed E-state index contributed by atoms with van der Waals surface area (Å²) in [4.78, 5) is 24.5. The number of urea groups is 1. The molecule has 0 spiro atoms. The highest BCUT2D eigenvalue weighted by atomic mass is 35.5. The molecule has 1 aromatic rings. The van der Waals surface area contributed by atoms with Crippen LogP contribution in [-0.4, -0.2) is 46.8 Å². The molecule has 1 aromatic carbocycles. The molecule has 2 N–H and O–H groups in total. The zero-order valence-corrected chi connectivity index (χ0v) is 12.9. The molecule has 0 aromatic heterocycles. The van der Waals surface area contributed by atoms with Crippen LogP contribution in [0.1, 0.15) is 5.56 Å². The summed E-state index contributed by atoms with van der Waals surface area (Å²) in [6.07, 6.45) is 0. The number of methoxy groups -OCH3 is 1. The van der Waals surface area contributed by atoms with Gasteiger partial charge in [-0.3, -0.25) is 0 Å². The largest absolute Gasteiger partial charge is 0.496 e. The molecule has 0 saturated carbocycles. The van der Waals surface area contributed by atoms with Gasteiger partial charge in [0.05, 0.1) is 13.0 Å². The van der Waals surface area contributed by atoms with E-state index in [9.17, 15) is 9.59 Å². The number of carbonyl (C=O) groups excluding carboxylic acids is 1.